The number of hydrogen-bond acceptors (Lipinski definition) is 3. The molecule has 4 aromatic carbocycles. The zero-order valence-electron chi connectivity index (χ0n) is 17.8. The van der Waals surface area contributed by atoms with E-state index in [0.29, 0.717) is 13.2 Å². The van der Waals surface area contributed by atoms with Gasteiger partial charge in [0, 0.05) is 12.1 Å². The lowest BCUT2D eigenvalue weighted by Gasteiger charge is -2.15. The van der Waals surface area contributed by atoms with Crippen LogP contribution in [0.15, 0.2) is 97.1 Å². The number of hydrogen-bond donors (Lipinski definition) is 1. The average Bonchev–Trinajstić information content (AvgIpc) is 2.83. The van der Waals surface area contributed by atoms with Gasteiger partial charge in [-0.1, -0.05) is 78.9 Å². The Morgan fingerprint density at radius 2 is 1.35 bits per heavy atom. The molecule has 0 amide bonds. The highest BCUT2D eigenvalue weighted by Gasteiger charge is 2.09. The molecule has 158 valence electrons. The molecule has 3 nitrogen and oxygen atoms in total. The van der Waals surface area contributed by atoms with E-state index in [9.17, 15) is 0 Å². The third-order valence-electron chi connectivity index (χ3n) is 5.31. The van der Waals surface area contributed by atoms with E-state index in [-0.39, 0.29) is 0 Å². The van der Waals surface area contributed by atoms with Crippen LogP contribution in [0.1, 0.15) is 17.5 Å². The molecule has 0 fully saturated rings. The van der Waals surface area contributed by atoms with Gasteiger partial charge in [-0.3, -0.25) is 0 Å². The number of fused-ring (bicyclic) bond motifs is 1. The van der Waals surface area contributed by atoms with Crippen LogP contribution in [0.5, 0.6) is 11.5 Å². The quantitative estimate of drug-likeness (QED) is 0.306. The van der Waals surface area contributed by atoms with Crippen molar-refractivity contribution in [2.45, 2.75) is 19.4 Å². The molecule has 0 bridgehead atoms. The maximum absolute atomic E-state index is 6.13. The molecule has 0 aliphatic carbocycles. The maximum atomic E-state index is 6.13. The third kappa shape index (κ3) is 6.09. The van der Waals surface area contributed by atoms with Gasteiger partial charge in [0.05, 0.1) is 0 Å². The van der Waals surface area contributed by atoms with Gasteiger partial charge in [0.15, 0.2) is 0 Å². The summed E-state index contributed by atoms with van der Waals surface area (Å²) in [4.78, 5) is 0. The lowest BCUT2D eigenvalue weighted by Crippen LogP contribution is -2.17. The van der Waals surface area contributed by atoms with Crippen molar-refractivity contribution in [1.82, 2.24) is 5.32 Å². The fraction of sp³-hybridized carbons (Fsp3) is 0.214. The van der Waals surface area contributed by atoms with Gasteiger partial charge in [-0.2, -0.15) is 0 Å². The van der Waals surface area contributed by atoms with Crippen molar-refractivity contribution in [3.05, 3.63) is 108 Å². The number of para-hydroxylation sites is 1. The van der Waals surface area contributed by atoms with E-state index in [2.05, 4.69) is 72.0 Å². The van der Waals surface area contributed by atoms with E-state index in [1.165, 1.54) is 21.9 Å². The van der Waals surface area contributed by atoms with E-state index < -0.39 is 0 Å². The Labute approximate surface area is 184 Å². The fourth-order valence-corrected chi connectivity index (χ4v) is 3.74. The summed E-state index contributed by atoms with van der Waals surface area (Å²) in [6.45, 7) is 2.77. The van der Waals surface area contributed by atoms with Crippen molar-refractivity contribution in [2.24, 2.45) is 0 Å². The van der Waals surface area contributed by atoms with Crippen LogP contribution >= 0.6 is 0 Å². The van der Waals surface area contributed by atoms with E-state index in [1.807, 2.05) is 30.3 Å². The lowest BCUT2D eigenvalue weighted by atomic mass is 10.0. The van der Waals surface area contributed by atoms with Crippen LogP contribution in [0.25, 0.3) is 10.8 Å². The lowest BCUT2D eigenvalue weighted by molar-refractivity contribution is 0.216. The minimum Gasteiger partial charge on any atom is -0.490 e. The molecule has 4 aromatic rings. The number of ether oxygens (including phenoxy) is 2. The SMILES string of the molecule is c1ccc(CCCNCc2c(OCCOc3ccccc3)ccc3ccccc23)cc1. The van der Waals surface area contributed by atoms with Crippen molar-refractivity contribution >= 4 is 10.8 Å². The molecule has 0 aromatic heterocycles. The summed E-state index contributed by atoms with van der Waals surface area (Å²) in [5.74, 6) is 1.79. The third-order valence-corrected chi connectivity index (χ3v) is 5.31. The van der Waals surface area contributed by atoms with E-state index in [4.69, 9.17) is 9.47 Å². The monoisotopic (exact) mass is 411 g/mol. The molecular formula is C28H29NO2. The number of rotatable bonds is 11. The second-order valence-corrected chi connectivity index (χ2v) is 7.54. The second kappa shape index (κ2) is 11.2. The van der Waals surface area contributed by atoms with Gasteiger partial charge < -0.3 is 14.8 Å². The molecule has 4 rings (SSSR count). The molecular weight excluding hydrogens is 382 g/mol. The number of nitrogens with one attached hydrogen (secondary N) is 1. The van der Waals surface area contributed by atoms with Crippen LogP contribution in [-0.2, 0) is 13.0 Å². The van der Waals surface area contributed by atoms with E-state index in [0.717, 1.165) is 37.4 Å². The van der Waals surface area contributed by atoms with Crippen LogP contribution in [0.4, 0.5) is 0 Å². The van der Waals surface area contributed by atoms with E-state index >= 15 is 0 Å². The molecule has 0 aliphatic heterocycles. The van der Waals surface area contributed by atoms with Gasteiger partial charge >= 0.3 is 0 Å². The zero-order valence-corrected chi connectivity index (χ0v) is 17.8. The molecule has 0 aliphatic rings. The van der Waals surface area contributed by atoms with Gasteiger partial charge in [0.1, 0.15) is 24.7 Å². The summed E-state index contributed by atoms with van der Waals surface area (Å²) < 4.78 is 11.9. The first-order valence-electron chi connectivity index (χ1n) is 11.0. The van der Waals surface area contributed by atoms with Gasteiger partial charge in [-0.25, -0.2) is 0 Å². The summed E-state index contributed by atoms with van der Waals surface area (Å²) in [6, 6.07) is 33.2. The average molecular weight is 412 g/mol. The van der Waals surface area contributed by atoms with Crippen LogP contribution in [0, 0.1) is 0 Å². The minimum absolute atomic E-state index is 0.508. The predicted molar refractivity (Wildman–Crippen MR) is 128 cm³/mol. The summed E-state index contributed by atoms with van der Waals surface area (Å²) in [7, 11) is 0. The van der Waals surface area contributed by atoms with E-state index in [1.54, 1.807) is 0 Å². The topological polar surface area (TPSA) is 30.5 Å². The van der Waals surface area contributed by atoms with Gasteiger partial charge in [0.25, 0.3) is 0 Å². The van der Waals surface area contributed by atoms with Crippen LogP contribution in [-0.4, -0.2) is 19.8 Å². The Morgan fingerprint density at radius 3 is 2.19 bits per heavy atom. The van der Waals surface area contributed by atoms with Crippen molar-refractivity contribution < 1.29 is 9.47 Å². The first-order valence-corrected chi connectivity index (χ1v) is 11.0. The molecule has 0 saturated heterocycles. The Hall–Kier alpha value is -3.30. The largest absolute Gasteiger partial charge is 0.490 e. The Morgan fingerprint density at radius 1 is 0.645 bits per heavy atom. The van der Waals surface area contributed by atoms with Gasteiger partial charge in [0.2, 0.25) is 0 Å². The predicted octanol–water partition coefficient (Wildman–Crippen LogP) is 6.02. The van der Waals surface area contributed by atoms with Gasteiger partial charge in [-0.05, 0) is 53.9 Å². The van der Waals surface area contributed by atoms with Crippen molar-refractivity contribution in [3.63, 3.8) is 0 Å². The molecule has 0 spiro atoms. The number of aryl methyl sites for hydroxylation is 1. The molecule has 0 saturated carbocycles. The first kappa shape index (κ1) is 21.0. The van der Waals surface area contributed by atoms with Crippen LogP contribution < -0.4 is 14.8 Å². The first-order chi connectivity index (χ1) is 15.4. The Bertz CT molecular complexity index is 1060. The summed E-state index contributed by atoms with van der Waals surface area (Å²) in [6.07, 6.45) is 2.19. The Kier molecular flexibility index (Phi) is 7.56. The van der Waals surface area contributed by atoms with Crippen LogP contribution in [0.3, 0.4) is 0 Å². The highest BCUT2D eigenvalue weighted by Crippen LogP contribution is 2.28. The standard InChI is InChI=1S/C28H29NO2/c1-3-10-23(11-4-1)12-9-19-29-22-27-26-16-8-7-13-24(26)17-18-28(27)31-21-20-30-25-14-5-2-6-15-25/h1-8,10-11,13-18,29H,9,12,19-22H2. The second-order valence-electron chi connectivity index (χ2n) is 7.54. The summed E-state index contributed by atoms with van der Waals surface area (Å²) in [5.41, 5.74) is 2.59. The number of benzene rings is 4. The smallest absolute Gasteiger partial charge is 0.124 e. The summed E-state index contributed by atoms with van der Waals surface area (Å²) in [5, 5.41) is 6.08. The highest BCUT2D eigenvalue weighted by molar-refractivity contribution is 5.87. The normalized spacial score (nSPS) is 10.8. The minimum atomic E-state index is 0.508. The molecule has 31 heavy (non-hydrogen) atoms. The fourth-order valence-electron chi connectivity index (χ4n) is 3.74. The molecule has 3 heteroatoms. The molecule has 0 unspecified atom stereocenters. The van der Waals surface area contributed by atoms with Gasteiger partial charge in [-0.15, -0.1) is 0 Å². The van der Waals surface area contributed by atoms with Crippen molar-refractivity contribution in [2.75, 3.05) is 19.8 Å². The molecule has 1 N–H and O–H groups in total. The Balaban J connectivity index is 1.34. The van der Waals surface area contributed by atoms with Crippen molar-refractivity contribution in [1.29, 1.82) is 0 Å². The summed E-state index contributed by atoms with van der Waals surface area (Å²) >= 11 is 0. The highest BCUT2D eigenvalue weighted by atomic mass is 16.5. The molecule has 0 radical (unpaired) electrons. The molecule has 0 atom stereocenters. The maximum Gasteiger partial charge on any atom is 0.124 e. The zero-order chi connectivity index (χ0) is 21.1. The molecule has 0 heterocycles. The van der Waals surface area contributed by atoms with Crippen LogP contribution in [0.2, 0.25) is 0 Å². The van der Waals surface area contributed by atoms with Crippen molar-refractivity contribution in [3.8, 4) is 11.5 Å².